The lowest BCUT2D eigenvalue weighted by atomic mass is 9.81. The molecule has 1 fully saturated rings. The molecular weight excluding hydrogens is 798 g/mol. The molecule has 1 saturated heterocycles. The number of benzene rings is 3. The molecule has 0 radical (unpaired) electrons. The van der Waals surface area contributed by atoms with Crippen LogP contribution >= 0.6 is 0 Å². The average Bonchev–Trinajstić information content (AvgIpc) is 3.99. The maximum Gasteiger partial charge on any atom is 0.407 e. The fourth-order valence-electron chi connectivity index (χ4n) is 10.2. The molecule has 3 aromatic carbocycles. The summed E-state index contributed by atoms with van der Waals surface area (Å²) < 4.78 is 33.8. The summed E-state index contributed by atoms with van der Waals surface area (Å²) in [6, 6.07) is 18.5. The van der Waals surface area contributed by atoms with E-state index in [0.717, 1.165) is 33.4 Å². The van der Waals surface area contributed by atoms with Gasteiger partial charge in [-0.2, -0.15) is 0 Å². The van der Waals surface area contributed by atoms with E-state index in [0.29, 0.717) is 65.6 Å². The Kier molecular flexibility index (Phi) is 9.71. The summed E-state index contributed by atoms with van der Waals surface area (Å²) in [6.07, 6.45) is 0.648. The van der Waals surface area contributed by atoms with E-state index >= 15 is 4.39 Å². The molecule has 0 saturated carbocycles. The molecule has 14 nitrogen and oxygen atoms in total. The van der Waals surface area contributed by atoms with Gasteiger partial charge in [0.15, 0.2) is 5.60 Å². The highest BCUT2D eigenvalue weighted by Gasteiger charge is 2.46. The quantitative estimate of drug-likeness (QED) is 0.165. The molecule has 2 aromatic heterocycles. The van der Waals surface area contributed by atoms with Gasteiger partial charge in [0, 0.05) is 35.0 Å². The molecule has 62 heavy (non-hydrogen) atoms. The van der Waals surface area contributed by atoms with Crippen molar-refractivity contribution in [3.05, 3.63) is 121 Å². The van der Waals surface area contributed by atoms with Gasteiger partial charge in [-0.1, -0.05) is 55.5 Å². The van der Waals surface area contributed by atoms with Gasteiger partial charge in [0.2, 0.25) is 11.8 Å². The minimum atomic E-state index is -2.01. The fourth-order valence-corrected chi connectivity index (χ4v) is 10.2. The normalized spacial score (nSPS) is 20.5. The predicted octanol–water partition coefficient (Wildman–Crippen LogP) is 5.13. The molecule has 15 heteroatoms. The molecular formula is C47H44FN5O9. The number of carbonyl (C=O) groups excluding carboxylic acids is 4. The number of nitrogens with zero attached hydrogens (tertiary/aromatic N) is 3. The van der Waals surface area contributed by atoms with Crippen LogP contribution in [0.4, 0.5) is 9.18 Å². The molecule has 318 valence electrons. The molecule has 5 aliphatic rings. The van der Waals surface area contributed by atoms with Gasteiger partial charge in [-0.25, -0.2) is 19.0 Å². The zero-order valence-corrected chi connectivity index (χ0v) is 34.2. The average molecular weight is 842 g/mol. The number of cyclic esters (lactones) is 1. The Morgan fingerprint density at radius 2 is 1.76 bits per heavy atom. The third-order valence-electron chi connectivity index (χ3n) is 13.4. The number of rotatable bonds is 9. The largest absolute Gasteiger partial charge is 0.458 e. The first kappa shape index (κ1) is 39.7. The van der Waals surface area contributed by atoms with E-state index in [2.05, 4.69) is 22.8 Å². The number of likely N-dealkylation sites (tertiary alicyclic amines) is 1. The van der Waals surface area contributed by atoms with Crippen molar-refractivity contribution in [1.29, 1.82) is 0 Å². The molecule has 2 aliphatic carbocycles. The SMILES string of the molecule is CC[C@@]1(O)C(=O)OCc2c1cc1n(c2=O)Cc2c-1nc1cc(F)c(C)c3c1c2[C@@H](NC(=O)COC1CCCN1C(=O)CNC(=O)OCC1c2ccccc2-c2ccccc21)CC3. The van der Waals surface area contributed by atoms with E-state index in [4.69, 9.17) is 19.2 Å². The lowest BCUT2D eigenvalue weighted by Crippen LogP contribution is -2.45. The molecule has 3 N–H and O–H groups in total. The summed E-state index contributed by atoms with van der Waals surface area (Å²) in [5.74, 6) is -2.18. The van der Waals surface area contributed by atoms with Crippen LogP contribution in [0.15, 0.2) is 65.5 Å². The van der Waals surface area contributed by atoms with Crippen LogP contribution in [-0.4, -0.2) is 76.0 Å². The number of hydrogen-bond acceptors (Lipinski definition) is 10. The summed E-state index contributed by atoms with van der Waals surface area (Å²) >= 11 is 0. The zero-order chi connectivity index (χ0) is 43.0. The summed E-state index contributed by atoms with van der Waals surface area (Å²) in [5.41, 5.74) is 6.11. The van der Waals surface area contributed by atoms with Crippen LogP contribution in [0.25, 0.3) is 33.4 Å². The Hall–Kier alpha value is -6.45. The molecule has 1 unspecified atom stereocenters. The molecule has 5 aromatic rings. The van der Waals surface area contributed by atoms with E-state index in [-0.39, 0.29) is 62.3 Å². The summed E-state index contributed by atoms with van der Waals surface area (Å²) in [4.78, 5) is 73.0. The van der Waals surface area contributed by atoms with Crippen LogP contribution in [0.2, 0.25) is 0 Å². The maximum atomic E-state index is 15.4. The van der Waals surface area contributed by atoms with Crippen LogP contribution < -0.4 is 16.2 Å². The van der Waals surface area contributed by atoms with Gasteiger partial charge >= 0.3 is 12.1 Å². The van der Waals surface area contributed by atoms with Crippen molar-refractivity contribution in [2.24, 2.45) is 0 Å². The summed E-state index contributed by atoms with van der Waals surface area (Å²) in [6.45, 7) is 3.03. The van der Waals surface area contributed by atoms with Crippen LogP contribution in [0.1, 0.15) is 89.1 Å². The van der Waals surface area contributed by atoms with Gasteiger partial charge < -0.3 is 39.4 Å². The first-order valence-corrected chi connectivity index (χ1v) is 21.1. The number of aryl methyl sites for hydroxylation is 1. The molecule has 3 atom stereocenters. The Balaban J connectivity index is 0.822. The number of hydrogen-bond donors (Lipinski definition) is 3. The van der Waals surface area contributed by atoms with Crippen molar-refractivity contribution >= 4 is 34.8 Å². The lowest BCUT2D eigenvalue weighted by Gasteiger charge is -2.31. The molecule has 5 heterocycles. The number of halogens is 1. The predicted molar refractivity (Wildman–Crippen MR) is 222 cm³/mol. The fraction of sp³-hybridized carbons (Fsp3) is 0.362. The Bertz CT molecular complexity index is 2780. The number of pyridine rings is 2. The van der Waals surface area contributed by atoms with Crippen molar-refractivity contribution < 1.29 is 42.9 Å². The highest BCUT2D eigenvalue weighted by molar-refractivity contribution is 5.94. The second-order valence-electron chi connectivity index (χ2n) is 16.6. The number of amides is 3. The van der Waals surface area contributed by atoms with Crippen molar-refractivity contribution in [2.75, 3.05) is 26.3 Å². The van der Waals surface area contributed by atoms with Gasteiger partial charge in [-0.05, 0) is 84.0 Å². The highest BCUT2D eigenvalue weighted by Crippen LogP contribution is 2.47. The summed E-state index contributed by atoms with van der Waals surface area (Å²) in [7, 11) is 0. The third kappa shape index (κ3) is 6.27. The Morgan fingerprint density at radius 1 is 1.02 bits per heavy atom. The van der Waals surface area contributed by atoms with Crippen molar-refractivity contribution in [2.45, 2.75) is 82.9 Å². The van der Waals surface area contributed by atoms with E-state index in [1.165, 1.54) is 15.5 Å². The number of aromatic nitrogens is 2. The molecule has 3 aliphatic heterocycles. The Labute approximate surface area is 355 Å². The number of nitrogens with one attached hydrogen (secondary N) is 2. The van der Waals surface area contributed by atoms with Crippen LogP contribution in [-0.2, 0) is 53.8 Å². The topological polar surface area (TPSA) is 178 Å². The standard InChI is InChI=1S/C47H44FN5O9/c1-3-47(59)33-17-37-43-30(20-53(37)44(56)32(33)22-61-45(47)57)42-35(15-14-25-24(2)34(48)18-36(51-43)41(25)42)50-38(54)23-60-40-13-8-16-52(40)39(55)19-49-46(58)62-21-31-28-11-6-4-9-26(28)27-10-5-7-12-29(27)31/h4-7,9-12,17-18,31,35,40,59H,3,8,13-16,19-23H2,1-2H3,(H,49,58)(H,50,54)/t35-,40?,47-/m0/s1. The zero-order valence-electron chi connectivity index (χ0n) is 34.2. The number of alkyl carbamates (subject to hydrolysis) is 1. The first-order chi connectivity index (χ1) is 30.0. The maximum absolute atomic E-state index is 15.4. The number of aliphatic hydroxyl groups is 1. The molecule has 3 amide bonds. The smallest absolute Gasteiger partial charge is 0.407 e. The minimum Gasteiger partial charge on any atom is -0.458 e. The van der Waals surface area contributed by atoms with Crippen molar-refractivity contribution in [3.63, 3.8) is 0 Å². The van der Waals surface area contributed by atoms with Crippen LogP contribution in [0, 0.1) is 12.7 Å². The number of fused-ring (bicyclic) bond motifs is 8. The number of ether oxygens (including phenoxy) is 3. The molecule has 10 rings (SSSR count). The highest BCUT2D eigenvalue weighted by atomic mass is 19.1. The molecule has 0 spiro atoms. The lowest BCUT2D eigenvalue weighted by molar-refractivity contribution is -0.172. The first-order valence-electron chi connectivity index (χ1n) is 21.1. The van der Waals surface area contributed by atoms with E-state index in [1.54, 1.807) is 19.9 Å². The van der Waals surface area contributed by atoms with Crippen LogP contribution in [0.3, 0.4) is 0 Å². The molecule has 0 bridgehead atoms. The van der Waals surface area contributed by atoms with Crippen molar-refractivity contribution in [1.82, 2.24) is 25.1 Å². The van der Waals surface area contributed by atoms with Crippen LogP contribution in [0.5, 0.6) is 0 Å². The number of esters is 1. The van der Waals surface area contributed by atoms with Crippen molar-refractivity contribution in [3.8, 4) is 22.5 Å². The second-order valence-corrected chi connectivity index (χ2v) is 16.6. The minimum absolute atomic E-state index is 0.0139. The third-order valence-corrected chi connectivity index (χ3v) is 13.4. The second kappa shape index (κ2) is 15.2. The van der Waals surface area contributed by atoms with Gasteiger partial charge in [0.25, 0.3) is 5.56 Å². The van der Waals surface area contributed by atoms with Gasteiger partial charge in [-0.15, -0.1) is 0 Å². The summed E-state index contributed by atoms with van der Waals surface area (Å²) in [5, 5.41) is 17.8. The van der Waals surface area contributed by atoms with Gasteiger partial charge in [0.1, 0.15) is 38.4 Å². The van der Waals surface area contributed by atoms with Gasteiger partial charge in [-0.3, -0.25) is 14.4 Å². The van der Waals surface area contributed by atoms with E-state index in [1.807, 2.05) is 36.4 Å². The van der Waals surface area contributed by atoms with E-state index < -0.39 is 47.2 Å². The Morgan fingerprint density at radius 3 is 2.50 bits per heavy atom. The number of carbonyl (C=O) groups is 4. The monoisotopic (exact) mass is 841 g/mol. The van der Waals surface area contributed by atoms with E-state index in [9.17, 15) is 29.1 Å². The van der Waals surface area contributed by atoms with Gasteiger partial charge in [0.05, 0.1) is 35.1 Å².